The van der Waals surface area contributed by atoms with Gasteiger partial charge in [-0.1, -0.05) is 44.2 Å². The monoisotopic (exact) mass is 338 g/mol. The van der Waals surface area contributed by atoms with Gasteiger partial charge < -0.3 is 10.4 Å². The predicted molar refractivity (Wildman–Crippen MR) is 99.4 cm³/mol. The maximum absolute atomic E-state index is 12.1. The van der Waals surface area contributed by atoms with E-state index in [9.17, 15) is 9.90 Å². The number of carbonyl (C=O) groups is 1. The van der Waals surface area contributed by atoms with E-state index >= 15 is 0 Å². The van der Waals surface area contributed by atoms with Crippen molar-refractivity contribution in [3.05, 3.63) is 64.6 Å². The predicted octanol–water partition coefficient (Wildman–Crippen LogP) is 4.41. The van der Waals surface area contributed by atoms with Crippen molar-refractivity contribution in [3.8, 4) is 5.75 Å². The van der Waals surface area contributed by atoms with Crippen LogP contribution in [0.3, 0.4) is 0 Å². The molecule has 0 saturated carbocycles. The molecule has 2 aromatic rings. The molecule has 0 bridgehead atoms. The number of aromatic hydroxyl groups is 1. The van der Waals surface area contributed by atoms with Crippen LogP contribution in [0.25, 0.3) is 6.08 Å². The number of aliphatic imine (C=N–C) groups is 1. The number of carbonyl (C=O) groups excluding carboxylic acids is 1. The third-order valence-electron chi connectivity index (χ3n) is 3.61. The lowest BCUT2D eigenvalue weighted by Crippen LogP contribution is -2.19. The van der Waals surface area contributed by atoms with E-state index in [0.29, 0.717) is 21.7 Å². The lowest BCUT2D eigenvalue weighted by atomic mass is 10.0. The highest BCUT2D eigenvalue weighted by Gasteiger charge is 2.23. The molecule has 1 saturated heterocycles. The van der Waals surface area contributed by atoms with Crippen LogP contribution in [0.2, 0.25) is 0 Å². The first-order valence-corrected chi connectivity index (χ1v) is 8.51. The van der Waals surface area contributed by atoms with Crippen LogP contribution < -0.4 is 5.32 Å². The van der Waals surface area contributed by atoms with Gasteiger partial charge in [-0.2, -0.15) is 0 Å². The smallest absolute Gasteiger partial charge is 0.264 e. The molecule has 1 fully saturated rings. The van der Waals surface area contributed by atoms with Gasteiger partial charge in [-0.15, -0.1) is 0 Å². The molecule has 0 unspecified atom stereocenters. The highest BCUT2D eigenvalue weighted by Crippen LogP contribution is 2.29. The van der Waals surface area contributed by atoms with Gasteiger partial charge in [0, 0.05) is 6.07 Å². The molecular formula is C19H18N2O2S. The number of amides is 1. The number of rotatable bonds is 3. The number of nitrogens with one attached hydrogen (secondary N) is 1. The molecule has 1 amide bonds. The molecule has 0 radical (unpaired) electrons. The Bertz CT molecular complexity index is 824. The second kappa shape index (κ2) is 6.93. The van der Waals surface area contributed by atoms with Gasteiger partial charge in [-0.3, -0.25) is 4.79 Å². The molecule has 0 atom stereocenters. The van der Waals surface area contributed by atoms with Crippen molar-refractivity contribution in [2.24, 2.45) is 4.99 Å². The first kappa shape index (κ1) is 16.3. The van der Waals surface area contributed by atoms with E-state index in [0.717, 1.165) is 5.56 Å². The number of thioether (sulfide) groups is 1. The number of phenolic OH excluding ortho intramolecular Hbond substituents is 1. The summed E-state index contributed by atoms with van der Waals surface area (Å²) in [7, 11) is 0. The van der Waals surface area contributed by atoms with E-state index in [4.69, 9.17) is 0 Å². The molecule has 1 aliphatic rings. The summed E-state index contributed by atoms with van der Waals surface area (Å²) in [6, 6.07) is 14.8. The van der Waals surface area contributed by atoms with Crippen LogP contribution in [0.5, 0.6) is 5.75 Å². The lowest BCUT2D eigenvalue weighted by molar-refractivity contribution is -0.115. The summed E-state index contributed by atoms with van der Waals surface area (Å²) >= 11 is 1.29. The molecule has 4 nitrogen and oxygen atoms in total. The van der Waals surface area contributed by atoms with Gasteiger partial charge >= 0.3 is 0 Å². The zero-order valence-electron chi connectivity index (χ0n) is 13.5. The van der Waals surface area contributed by atoms with Gasteiger partial charge in [0.1, 0.15) is 5.75 Å². The maximum atomic E-state index is 12.1. The summed E-state index contributed by atoms with van der Waals surface area (Å²) in [4.78, 5) is 17.0. The molecule has 2 N–H and O–H groups in total. The Morgan fingerprint density at radius 1 is 1.17 bits per heavy atom. The van der Waals surface area contributed by atoms with E-state index < -0.39 is 0 Å². The van der Waals surface area contributed by atoms with Gasteiger partial charge in [-0.25, -0.2) is 4.99 Å². The Morgan fingerprint density at radius 3 is 2.58 bits per heavy atom. The largest absolute Gasteiger partial charge is 0.508 e. The number of hydrogen-bond acceptors (Lipinski definition) is 4. The second-order valence-corrected chi connectivity index (χ2v) is 6.85. The fourth-order valence-electron chi connectivity index (χ4n) is 2.29. The summed E-state index contributed by atoms with van der Waals surface area (Å²) < 4.78 is 0. The normalized spacial score (nSPS) is 17.7. The van der Waals surface area contributed by atoms with Gasteiger partial charge in [0.25, 0.3) is 5.91 Å². The van der Waals surface area contributed by atoms with Gasteiger partial charge in [0.05, 0.1) is 10.6 Å². The van der Waals surface area contributed by atoms with Crippen molar-refractivity contribution in [2.75, 3.05) is 0 Å². The minimum Gasteiger partial charge on any atom is -0.508 e. The molecule has 0 spiro atoms. The molecule has 1 heterocycles. The van der Waals surface area contributed by atoms with Crippen molar-refractivity contribution in [3.63, 3.8) is 0 Å². The number of hydrogen-bond donors (Lipinski definition) is 2. The van der Waals surface area contributed by atoms with Crippen LogP contribution in [0.1, 0.15) is 30.9 Å². The zero-order valence-corrected chi connectivity index (χ0v) is 14.3. The molecule has 3 rings (SSSR count). The average molecular weight is 338 g/mol. The molecular weight excluding hydrogens is 320 g/mol. The third kappa shape index (κ3) is 3.86. The van der Waals surface area contributed by atoms with E-state index in [1.165, 1.54) is 17.3 Å². The van der Waals surface area contributed by atoms with Gasteiger partial charge in [-0.05, 0) is 47.0 Å². The van der Waals surface area contributed by atoms with Gasteiger partial charge in [0.2, 0.25) is 0 Å². The van der Waals surface area contributed by atoms with E-state index in [-0.39, 0.29) is 11.7 Å². The number of amidine groups is 1. The molecule has 24 heavy (non-hydrogen) atoms. The first-order valence-electron chi connectivity index (χ1n) is 7.70. The summed E-state index contributed by atoms with van der Waals surface area (Å²) in [5.41, 5.74) is 2.85. The van der Waals surface area contributed by atoms with Crippen molar-refractivity contribution in [2.45, 2.75) is 19.8 Å². The number of nitrogens with zero attached hydrogens (tertiary/aromatic N) is 1. The highest BCUT2D eigenvalue weighted by atomic mass is 32.2. The Hall–Kier alpha value is -2.53. The van der Waals surface area contributed by atoms with Crippen LogP contribution >= 0.6 is 11.8 Å². The van der Waals surface area contributed by atoms with Crippen LogP contribution in [0, 0.1) is 0 Å². The summed E-state index contributed by atoms with van der Waals surface area (Å²) in [6.07, 6.45) is 1.86. The second-order valence-electron chi connectivity index (χ2n) is 5.82. The summed E-state index contributed by atoms with van der Waals surface area (Å²) in [5, 5.41) is 12.7. The van der Waals surface area contributed by atoms with E-state index in [1.807, 2.05) is 18.2 Å². The number of phenols is 1. The van der Waals surface area contributed by atoms with Crippen LogP contribution in [-0.2, 0) is 4.79 Å². The Kier molecular flexibility index (Phi) is 4.71. The Morgan fingerprint density at radius 2 is 1.92 bits per heavy atom. The Balaban J connectivity index is 1.79. The zero-order chi connectivity index (χ0) is 17.1. The van der Waals surface area contributed by atoms with Gasteiger partial charge in [0.15, 0.2) is 5.17 Å². The maximum Gasteiger partial charge on any atom is 0.264 e. The molecule has 2 aromatic carbocycles. The minimum absolute atomic E-state index is 0.146. The van der Waals surface area contributed by atoms with Crippen molar-refractivity contribution < 1.29 is 9.90 Å². The SMILES string of the molecule is CC(C)c1ccc(/C=C2\SC(=Nc3cccc(O)c3)NC2=O)cc1. The highest BCUT2D eigenvalue weighted by molar-refractivity contribution is 8.18. The lowest BCUT2D eigenvalue weighted by Gasteiger charge is -2.04. The van der Waals surface area contributed by atoms with E-state index in [1.54, 1.807) is 24.3 Å². The fourth-order valence-corrected chi connectivity index (χ4v) is 3.13. The van der Waals surface area contributed by atoms with Crippen molar-refractivity contribution in [1.82, 2.24) is 5.32 Å². The third-order valence-corrected chi connectivity index (χ3v) is 4.52. The quantitative estimate of drug-likeness (QED) is 0.815. The molecule has 0 aromatic heterocycles. The standard InChI is InChI=1S/C19H18N2O2S/c1-12(2)14-8-6-13(7-9-14)10-17-18(23)21-19(24-17)20-15-4-3-5-16(22)11-15/h3-12,22H,1-2H3,(H,20,21,23)/b17-10-. The molecule has 5 heteroatoms. The van der Waals surface area contributed by atoms with Crippen LogP contribution in [0.4, 0.5) is 5.69 Å². The Labute approximate surface area is 145 Å². The molecule has 122 valence electrons. The number of benzene rings is 2. The molecule has 0 aliphatic carbocycles. The summed E-state index contributed by atoms with van der Waals surface area (Å²) in [5.74, 6) is 0.468. The van der Waals surface area contributed by atoms with Crippen LogP contribution in [-0.4, -0.2) is 16.2 Å². The van der Waals surface area contributed by atoms with Crippen molar-refractivity contribution in [1.29, 1.82) is 0 Å². The summed E-state index contributed by atoms with van der Waals surface area (Å²) in [6.45, 7) is 4.30. The topological polar surface area (TPSA) is 61.7 Å². The van der Waals surface area contributed by atoms with Crippen LogP contribution in [0.15, 0.2) is 58.4 Å². The molecule has 1 aliphatic heterocycles. The average Bonchev–Trinajstić information content (AvgIpc) is 2.87. The van der Waals surface area contributed by atoms with Crippen molar-refractivity contribution >= 4 is 34.6 Å². The van der Waals surface area contributed by atoms with E-state index in [2.05, 4.69) is 36.3 Å². The first-order chi connectivity index (χ1) is 11.5. The fraction of sp³-hybridized carbons (Fsp3) is 0.158. The minimum atomic E-state index is -0.160.